The topological polar surface area (TPSA) is 88.1 Å². The van der Waals surface area contributed by atoms with Gasteiger partial charge < -0.3 is 18.5 Å². The van der Waals surface area contributed by atoms with E-state index in [9.17, 15) is 14.2 Å². The normalized spacial score (nSPS) is 12.6. The lowest BCUT2D eigenvalue weighted by atomic mass is 10.3. The van der Waals surface area contributed by atoms with Crippen LogP contribution in [0, 0.1) is 0 Å². The average molecular weight is 398 g/mol. The number of hydrogen-bond donors (Lipinski definition) is 0. The predicted octanol–water partition coefficient (Wildman–Crippen LogP) is 4.35. The number of ether oxygens (including phenoxy) is 2. The maximum absolute atomic E-state index is 13.0. The average Bonchev–Trinajstić information content (AvgIpc) is 2.55. The first-order valence-corrected chi connectivity index (χ1v) is 11.8. The van der Waals surface area contributed by atoms with Crippen molar-refractivity contribution >= 4 is 30.1 Å². The summed E-state index contributed by atoms with van der Waals surface area (Å²) in [5.41, 5.74) is 0. The molecule has 0 heterocycles. The van der Waals surface area contributed by atoms with E-state index in [2.05, 4.69) is 0 Å². The number of carbonyl (C=O) groups excluding carboxylic acids is 2. The minimum atomic E-state index is -3.58. The van der Waals surface area contributed by atoms with Gasteiger partial charge in [0.25, 0.3) is 0 Å². The number of rotatable bonds is 15. The minimum Gasteiger partial charge on any atom is -0.466 e. The second-order valence-electron chi connectivity index (χ2n) is 5.18. The Balaban J connectivity index is 5.07. The molecule has 0 aliphatic heterocycles. The quantitative estimate of drug-likeness (QED) is 0.229. The molecule has 1 atom stereocenters. The zero-order valence-electron chi connectivity index (χ0n) is 15.7. The molecule has 0 saturated heterocycles. The van der Waals surface area contributed by atoms with E-state index >= 15 is 0 Å². The molecule has 0 aliphatic rings. The van der Waals surface area contributed by atoms with Crippen LogP contribution < -0.4 is 0 Å². The first-order valence-electron chi connectivity index (χ1n) is 8.82. The third-order valence-electron chi connectivity index (χ3n) is 2.96. The molecular formula is C16H31O7PS. The van der Waals surface area contributed by atoms with Crippen LogP contribution in [0.5, 0.6) is 0 Å². The van der Waals surface area contributed by atoms with Crippen LogP contribution in [0.25, 0.3) is 0 Å². The van der Waals surface area contributed by atoms with E-state index in [1.54, 1.807) is 13.8 Å². The molecule has 0 spiro atoms. The van der Waals surface area contributed by atoms with Crippen molar-refractivity contribution in [2.24, 2.45) is 0 Å². The second-order valence-corrected chi connectivity index (χ2v) is 9.34. The van der Waals surface area contributed by atoms with E-state index in [4.69, 9.17) is 18.5 Å². The number of hydrogen-bond acceptors (Lipinski definition) is 8. The molecule has 0 aliphatic carbocycles. The molecule has 9 heteroatoms. The van der Waals surface area contributed by atoms with Crippen molar-refractivity contribution < 1.29 is 32.7 Å². The Hall–Kier alpha value is -0.560. The molecule has 0 radical (unpaired) electrons. The third kappa shape index (κ3) is 11.6. The SMILES string of the molecule is CCCCOP(=O)(OCCCC)SC(CC(=O)OCC)C(=O)OCC. The van der Waals surface area contributed by atoms with Crippen LogP contribution in [-0.2, 0) is 32.7 Å². The van der Waals surface area contributed by atoms with Crippen molar-refractivity contribution in [1.82, 2.24) is 0 Å². The summed E-state index contributed by atoms with van der Waals surface area (Å²) in [5, 5.41) is -0.993. The van der Waals surface area contributed by atoms with Crippen LogP contribution in [0.1, 0.15) is 59.8 Å². The Morgan fingerprint density at radius 1 is 0.920 bits per heavy atom. The van der Waals surface area contributed by atoms with Gasteiger partial charge in [0.05, 0.1) is 32.8 Å². The van der Waals surface area contributed by atoms with Crippen LogP contribution in [0.4, 0.5) is 0 Å². The fourth-order valence-corrected chi connectivity index (χ4v) is 5.47. The lowest BCUT2D eigenvalue weighted by Gasteiger charge is -2.21. The zero-order chi connectivity index (χ0) is 19.1. The van der Waals surface area contributed by atoms with Crippen molar-refractivity contribution in [3.63, 3.8) is 0 Å². The maximum Gasteiger partial charge on any atom is 0.389 e. The van der Waals surface area contributed by atoms with Crippen LogP contribution >= 0.6 is 18.2 Å². The van der Waals surface area contributed by atoms with Crippen molar-refractivity contribution in [1.29, 1.82) is 0 Å². The highest BCUT2D eigenvalue weighted by Gasteiger charge is 2.36. The minimum absolute atomic E-state index is 0.163. The summed E-state index contributed by atoms with van der Waals surface area (Å²) >= 11 is 0.731. The van der Waals surface area contributed by atoms with Gasteiger partial charge in [-0.2, -0.15) is 0 Å². The lowest BCUT2D eigenvalue weighted by Crippen LogP contribution is -2.25. The number of unbranched alkanes of at least 4 members (excludes halogenated alkanes) is 2. The van der Waals surface area contributed by atoms with Crippen molar-refractivity contribution in [2.75, 3.05) is 26.4 Å². The first kappa shape index (κ1) is 24.4. The molecule has 0 N–H and O–H groups in total. The van der Waals surface area contributed by atoms with Crippen molar-refractivity contribution in [2.45, 2.75) is 65.0 Å². The fraction of sp³-hybridized carbons (Fsp3) is 0.875. The van der Waals surface area contributed by atoms with Gasteiger partial charge in [0.1, 0.15) is 5.25 Å². The van der Waals surface area contributed by atoms with E-state index in [1.165, 1.54) is 0 Å². The monoisotopic (exact) mass is 398 g/mol. The van der Waals surface area contributed by atoms with E-state index in [0.29, 0.717) is 0 Å². The van der Waals surface area contributed by atoms with Crippen LogP contribution in [-0.4, -0.2) is 43.6 Å². The Morgan fingerprint density at radius 2 is 1.44 bits per heavy atom. The molecule has 148 valence electrons. The summed E-state index contributed by atoms with van der Waals surface area (Å²) in [7, 11) is 0. The highest BCUT2D eigenvalue weighted by Crippen LogP contribution is 2.63. The Bertz CT molecular complexity index is 417. The number of carbonyl (C=O) groups is 2. The van der Waals surface area contributed by atoms with Gasteiger partial charge in [-0.1, -0.05) is 26.7 Å². The fourth-order valence-electron chi connectivity index (χ4n) is 1.67. The summed E-state index contributed by atoms with van der Waals surface area (Å²) in [6.07, 6.45) is 2.97. The Labute approximate surface area is 154 Å². The molecule has 0 aromatic rings. The highest BCUT2D eigenvalue weighted by molar-refractivity contribution is 8.55. The molecule has 0 rings (SSSR count). The zero-order valence-corrected chi connectivity index (χ0v) is 17.4. The first-order chi connectivity index (χ1) is 11.9. The molecule has 0 aromatic heterocycles. The molecule has 25 heavy (non-hydrogen) atoms. The largest absolute Gasteiger partial charge is 0.466 e. The van der Waals surface area contributed by atoms with Gasteiger partial charge in [0.2, 0.25) is 0 Å². The van der Waals surface area contributed by atoms with E-state index in [0.717, 1.165) is 37.1 Å². The van der Waals surface area contributed by atoms with Gasteiger partial charge in [0.15, 0.2) is 0 Å². The number of esters is 2. The molecule has 0 fully saturated rings. The standard InChI is InChI=1S/C16H31O7PS/c1-5-9-11-22-24(19,23-12-10-6-2)25-14(16(18)21-8-4)13-15(17)20-7-3/h14H,5-13H2,1-4H3. The van der Waals surface area contributed by atoms with E-state index < -0.39 is 24.0 Å². The predicted molar refractivity (Wildman–Crippen MR) is 98.6 cm³/mol. The molecule has 0 bridgehead atoms. The molecule has 0 amide bonds. The summed E-state index contributed by atoms with van der Waals surface area (Å²) in [6, 6.07) is 0. The van der Waals surface area contributed by atoms with Gasteiger partial charge in [0, 0.05) is 0 Å². The summed E-state index contributed by atoms with van der Waals surface area (Å²) in [5.74, 6) is -1.18. The molecule has 7 nitrogen and oxygen atoms in total. The molecule has 0 saturated carbocycles. The van der Waals surface area contributed by atoms with Gasteiger partial charge in [-0.05, 0) is 38.1 Å². The van der Waals surface area contributed by atoms with Gasteiger partial charge in [-0.15, -0.1) is 0 Å². The van der Waals surface area contributed by atoms with Gasteiger partial charge in [-0.25, -0.2) is 4.57 Å². The molecule has 1 unspecified atom stereocenters. The molecular weight excluding hydrogens is 367 g/mol. The summed E-state index contributed by atoms with van der Waals surface area (Å²) in [6.45, 7) is 4.64. The molecule has 0 aromatic carbocycles. The van der Waals surface area contributed by atoms with Crippen molar-refractivity contribution in [3.05, 3.63) is 0 Å². The van der Waals surface area contributed by atoms with Gasteiger partial charge in [-0.3, -0.25) is 9.59 Å². The van der Waals surface area contributed by atoms with E-state index in [1.807, 2.05) is 13.8 Å². The van der Waals surface area contributed by atoms with Crippen molar-refractivity contribution in [3.8, 4) is 0 Å². The maximum atomic E-state index is 13.0. The Kier molecular flexibility index (Phi) is 14.3. The highest BCUT2D eigenvalue weighted by atomic mass is 32.7. The third-order valence-corrected chi connectivity index (χ3v) is 7.00. The van der Waals surface area contributed by atoms with E-state index in [-0.39, 0.29) is 32.8 Å². The second kappa shape index (κ2) is 14.6. The summed E-state index contributed by atoms with van der Waals surface area (Å²) < 4.78 is 33.7. The lowest BCUT2D eigenvalue weighted by molar-refractivity contribution is -0.149. The van der Waals surface area contributed by atoms with Crippen LogP contribution in [0.3, 0.4) is 0 Å². The van der Waals surface area contributed by atoms with Crippen LogP contribution in [0.2, 0.25) is 0 Å². The smallest absolute Gasteiger partial charge is 0.389 e. The Morgan fingerprint density at radius 3 is 1.88 bits per heavy atom. The van der Waals surface area contributed by atoms with Gasteiger partial charge >= 0.3 is 18.7 Å². The van der Waals surface area contributed by atoms with Crippen LogP contribution in [0.15, 0.2) is 0 Å². The summed E-state index contributed by atoms with van der Waals surface area (Å²) in [4.78, 5) is 23.9.